The van der Waals surface area contributed by atoms with Gasteiger partial charge in [-0.1, -0.05) is 20.8 Å². The van der Waals surface area contributed by atoms with Crippen LogP contribution < -0.4 is 0 Å². The molecular weight excluding hydrogens is 257 g/mol. The summed E-state index contributed by atoms with van der Waals surface area (Å²) in [5.41, 5.74) is -0.490. The summed E-state index contributed by atoms with van der Waals surface area (Å²) in [7, 11) is 0. The van der Waals surface area contributed by atoms with Crippen LogP contribution in [0.4, 0.5) is 13.2 Å². The number of hydrogen-bond donors (Lipinski definition) is 0. The molecule has 0 N–H and O–H groups in total. The summed E-state index contributed by atoms with van der Waals surface area (Å²) in [6.07, 6.45) is -4.34. The molecule has 0 saturated carbocycles. The van der Waals surface area contributed by atoms with E-state index in [9.17, 15) is 13.2 Å². The van der Waals surface area contributed by atoms with Gasteiger partial charge < -0.3 is 0 Å². The lowest BCUT2D eigenvalue weighted by Gasteiger charge is -2.17. The lowest BCUT2D eigenvalue weighted by molar-refractivity contribution is -0.137. The fourth-order valence-corrected chi connectivity index (χ4v) is 1.62. The highest BCUT2D eigenvalue weighted by Gasteiger charge is 2.30. The average molecular weight is 270 g/mol. The molecule has 0 atom stereocenters. The van der Waals surface area contributed by atoms with Crippen LogP contribution in [0.25, 0.3) is 5.69 Å². The van der Waals surface area contributed by atoms with Gasteiger partial charge in [0.05, 0.1) is 11.3 Å². The van der Waals surface area contributed by atoms with Gasteiger partial charge in [0.1, 0.15) is 0 Å². The first-order valence-corrected chi connectivity index (χ1v) is 5.66. The molecule has 19 heavy (non-hydrogen) atoms. The predicted molar refractivity (Wildman–Crippen MR) is 62.9 cm³/mol. The van der Waals surface area contributed by atoms with Gasteiger partial charge in [0.2, 0.25) is 0 Å². The summed E-state index contributed by atoms with van der Waals surface area (Å²) in [6.45, 7) is 5.79. The maximum Gasteiger partial charge on any atom is 0.416 e. The van der Waals surface area contributed by atoms with E-state index in [-0.39, 0.29) is 5.41 Å². The zero-order chi connectivity index (χ0) is 14.3. The zero-order valence-electron chi connectivity index (χ0n) is 10.7. The lowest BCUT2D eigenvalue weighted by atomic mass is 9.96. The van der Waals surface area contributed by atoms with Gasteiger partial charge in [-0.3, -0.25) is 0 Å². The molecule has 1 aromatic carbocycles. The number of rotatable bonds is 1. The van der Waals surface area contributed by atoms with Crippen LogP contribution >= 0.6 is 0 Å². The molecule has 0 amide bonds. The van der Waals surface area contributed by atoms with E-state index in [0.29, 0.717) is 11.5 Å². The lowest BCUT2D eigenvalue weighted by Crippen LogP contribution is -2.19. The van der Waals surface area contributed by atoms with E-state index in [1.165, 1.54) is 16.8 Å². The number of halogens is 3. The first-order chi connectivity index (χ1) is 8.69. The Balaban J connectivity index is 2.42. The first kappa shape index (κ1) is 13.5. The van der Waals surface area contributed by atoms with Gasteiger partial charge in [-0.15, -0.1) is 5.10 Å². The van der Waals surface area contributed by atoms with E-state index < -0.39 is 11.7 Å². The standard InChI is InChI=1S/C12H13F3N4/c1-11(2,3)10-16-17-18-19(10)9-6-4-8(5-7-9)12(13,14)15/h4-7H,1-3H3. The van der Waals surface area contributed by atoms with Gasteiger partial charge in [0.15, 0.2) is 5.82 Å². The smallest absolute Gasteiger partial charge is 0.197 e. The maximum atomic E-state index is 12.5. The SMILES string of the molecule is CC(C)(C)c1nnnn1-c1ccc(C(F)(F)F)cc1. The molecule has 0 bridgehead atoms. The Bertz CT molecular complexity index is 564. The van der Waals surface area contributed by atoms with Crippen molar-refractivity contribution in [2.24, 2.45) is 0 Å². The summed E-state index contributed by atoms with van der Waals surface area (Å²) in [5, 5.41) is 11.3. The quantitative estimate of drug-likeness (QED) is 0.800. The van der Waals surface area contributed by atoms with Crippen LogP contribution in [0.3, 0.4) is 0 Å². The number of alkyl halides is 3. The molecule has 1 heterocycles. The molecule has 0 fully saturated rings. The number of tetrazole rings is 1. The molecule has 2 rings (SSSR count). The molecule has 4 nitrogen and oxygen atoms in total. The van der Waals surface area contributed by atoms with Crippen LogP contribution in [0.2, 0.25) is 0 Å². The van der Waals surface area contributed by atoms with Crippen LogP contribution in [0.15, 0.2) is 24.3 Å². The number of aromatic nitrogens is 4. The van der Waals surface area contributed by atoms with Crippen molar-refractivity contribution >= 4 is 0 Å². The van der Waals surface area contributed by atoms with Crippen LogP contribution in [0.5, 0.6) is 0 Å². The Morgan fingerprint density at radius 1 is 1.00 bits per heavy atom. The fourth-order valence-electron chi connectivity index (χ4n) is 1.62. The molecule has 0 aliphatic carbocycles. The number of hydrogen-bond acceptors (Lipinski definition) is 3. The van der Waals surface area contributed by atoms with E-state index in [4.69, 9.17) is 0 Å². The van der Waals surface area contributed by atoms with Crippen molar-refractivity contribution in [3.05, 3.63) is 35.7 Å². The van der Waals surface area contributed by atoms with Crippen molar-refractivity contribution in [1.82, 2.24) is 20.2 Å². The highest BCUT2D eigenvalue weighted by Crippen LogP contribution is 2.30. The fraction of sp³-hybridized carbons (Fsp3) is 0.417. The largest absolute Gasteiger partial charge is 0.416 e. The monoisotopic (exact) mass is 270 g/mol. The molecule has 0 aliphatic rings. The number of nitrogens with zero attached hydrogens (tertiary/aromatic N) is 4. The molecule has 0 aliphatic heterocycles. The third-order valence-corrected chi connectivity index (χ3v) is 2.58. The van der Waals surface area contributed by atoms with Gasteiger partial charge in [-0.2, -0.15) is 17.9 Å². The minimum absolute atomic E-state index is 0.299. The molecule has 0 unspecified atom stereocenters. The van der Waals surface area contributed by atoms with Crippen molar-refractivity contribution in [1.29, 1.82) is 0 Å². The second kappa shape index (κ2) is 4.32. The third-order valence-electron chi connectivity index (χ3n) is 2.58. The second-order valence-corrected chi connectivity index (χ2v) is 5.21. The van der Waals surface area contributed by atoms with Crippen molar-refractivity contribution in [3.8, 4) is 5.69 Å². The summed E-state index contributed by atoms with van der Waals surface area (Å²) in [4.78, 5) is 0. The van der Waals surface area contributed by atoms with Crippen molar-refractivity contribution in [3.63, 3.8) is 0 Å². The molecule has 0 saturated heterocycles. The van der Waals surface area contributed by atoms with Crippen LogP contribution in [-0.2, 0) is 11.6 Å². The van der Waals surface area contributed by atoms with Crippen molar-refractivity contribution < 1.29 is 13.2 Å². The minimum atomic E-state index is -4.34. The summed E-state index contributed by atoms with van der Waals surface area (Å²) in [6, 6.07) is 4.75. The molecule has 1 aromatic heterocycles. The summed E-state index contributed by atoms with van der Waals surface area (Å²) < 4.78 is 38.9. The topological polar surface area (TPSA) is 43.6 Å². The van der Waals surface area contributed by atoms with Gasteiger partial charge in [0, 0.05) is 5.41 Å². The third kappa shape index (κ3) is 2.74. The summed E-state index contributed by atoms with van der Waals surface area (Å²) >= 11 is 0. The van der Waals surface area contributed by atoms with Gasteiger partial charge in [0.25, 0.3) is 0 Å². The normalized spacial score (nSPS) is 12.7. The van der Waals surface area contributed by atoms with E-state index >= 15 is 0 Å². The Kier molecular flexibility index (Phi) is 3.07. The van der Waals surface area contributed by atoms with Crippen molar-refractivity contribution in [2.45, 2.75) is 32.4 Å². The highest BCUT2D eigenvalue weighted by atomic mass is 19.4. The summed E-state index contributed by atoms with van der Waals surface area (Å²) in [5.74, 6) is 0.590. The molecule has 0 spiro atoms. The van der Waals surface area contributed by atoms with E-state index in [1.54, 1.807) is 0 Å². The van der Waals surface area contributed by atoms with Crippen LogP contribution in [0.1, 0.15) is 32.2 Å². The molecule has 0 radical (unpaired) electrons. The Morgan fingerprint density at radius 3 is 2.05 bits per heavy atom. The van der Waals surface area contributed by atoms with E-state index in [0.717, 1.165) is 12.1 Å². The zero-order valence-corrected chi connectivity index (χ0v) is 10.7. The van der Waals surface area contributed by atoms with Gasteiger partial charge in [-0.25, -0.2) is 0 Å². The molecule has 2 aromatic rings. The van der Waals surface area contributed by atoms with E-state index in [1.807, 2.05) is 20.8 Å². The molecular formula is C12H13F3N4. The minimum Gasteiger partial charge on any atom is -0.197 e. The van der Waals surface area contributed by atoms with Gasteiger partial charge in [-0.05, 0) is 34.7 Å². The Hall–Kier alpha value is -1.92. The molecule has 7 heteroatoms. The van der Waals surface area contributed by atoms with E-state index in [2.05, 4.69) is 15.5 Å². The van der Waals surface area contributed by atoms with Gasteiger partial charge >= 0.3 is 6.18 Å². The maximum absolute atomic E-state index is 12.5. The number of benzene rings is 1. The average Bonchev–Trinajstić information content (AvgIpc) is 2.76. The predicted octanol–water partition coefficient (Wildman–Crippen LogP) is 2.98. The Labute approximate surface area is 108 Å². The first-order valence-electron chi connectivity index (χ1n) is 5.66. The van der Waals surface area contributed by atoms with Crippen LogP contribution in [-0.4, -0.2) is 20.2 Å². The Morgan fingerprint density at radius 2 is 1.58 bits per heavy atom. The molecule has 102 valence electrons. The highest BCUT2D eigenvalue weighted by molar-refractivity contribution is 5.35. The second-order valence-electron chi connectivity index (χ2n) is 5.21. The van der Waals surface area contributed by atoms with Crippen molar-refractivity contribution in [2.75, 3.05) is 0 Å². The van der Waals surface area contributed by atoms with Crippen LogP contribution in [0, 0.1) is 0 Å².